The van der Waals surface area contributed by atoms with Crippen molar-refractivity contribution in [1.82, 2.24) is 0 Å². The molecule has 1 heteroatoms. The third-order valence-electron chi connectivity index (χ3n) is 1.72. The second-order valence-corrected chi connectivity index (χ2v) is 2.66. The predicted octanol–water partition coefficient (Wildman–Crippen LogP) is 2.13. The van der Waals surface area contributed by atoms with Crippen LogP contribution in [-0.4, -0.2) is 0 Å². The van der Waals surface area contributed by atoms with Crippen molar-refractivity contribution in [2.45, 2.75) is 19.8 Å². The molecule has 0 saturated carbocycles. The molecule has 0 atom stereocenters. The van der Waals surface area contributed by atoms with E-state index in [1.165, 1.54) is 5.57 Å². The Morgan fingerprint density at radius 2 is 2.40 bits per heavy atom. The van der Waals surface area contributed by atoms with E-state index in [2.05, 4.69) is 12.7 Å². The Kier molecular flexibility index (Phi) is 1.95. The Hall–Kier alpha value is -0.980. The molecule has 0 amide bonds. The first-order valence-corrected chi connectivity index (χ1v) is 3.53. The van der Waals surface area contributed by atoms with Gasteiger partial charge < -0.3 is 5.73 Å². The quantitative estimate of drug-likeness (QED) is 0.585. The molecule has 0 aromatic carbocycles. The Morgan fingerprint density at radius 1 is 1.70 bits per heavy atom. The van der Waals surface area contributed by atoms with Crippen molar-refractivity contribution in [3.63, 3.8) is 0 Å². The molecule has 0 fully saturated rings. The Balaban J connectivity index is 2.89. The highest BCUT2D eigenvalue weighted by Crippen LogP contribution is 2.20. The van der Waals surface area contributed by atoms with Crippen molar-refractivity contribution in [1.29, 1.82) is 0 Å². The summed E-state index contributed by atoms with van der Waals surface area (Å²) in [7, 11) is 0. The van der Waals surface area contributed by atoms with E-state index in [1.807, 2.05) is 13.0 Å². The minimum atomic E-state index is 0.888. The van der Waals surface area contributed by atoms with Gasteiger partial charge in [-0.3, -0.25) is 0 Å². The van der Waals surface area contributed by atoms with Crippen molar-refractivity contribution in [2.24, 2.45) is 5.73 Å². The van der Waals surface area contributed by atoms with Crippen LogP contribution in [0.3, 0.4) is 0 Å². The fourth-order valence-corrected chi connectivity index (χ4v) is 1.14. The molecule has 0 saturated heterocycles. The summed E-state index contributed by atoms with van der Waals surface area (Å²) in [5, 5.41) is 0. The fourth-order valence-electron chi connectivity index (χ4n) is 1.14. The summed E-state index contributed by atoms with van der Waals surface area (Å²) in [4.78, 5) is 0. The highest BCUT2D eigenvalue weighted by molar-refractivity contribution is 5.38. The van der Waals surface area contributed by atoms with Crippen LogP contribution in [0.4, 0.5) is 0 Å². The van der Waals surface area contributed by atoms with Crippen molar-refractivity contribution >= 4 is 0 Å². The van der Waals surface area contributed by atoms with Crippen molar-refractivity contribution in [3.8, 4) is 0 Å². The first-order valence-electron chi connectivity index (χ1n) is 3.53. The molecule has 0 unspecified atom stereocenters. The second kappa shape index (κ2) is 2.74. The molecule has 0 aromatic heterocycles. The lowest BCUT2D eigenvalue weighted by Crippen LogP contribution is -2.03. The summed E-state index contributed by atoms with van der Waals surface area (Å²) >= 11 is 0. The maximum Gasteiger partial charge on any atom is 0.0345 e. The first-order chi connectivity index (χ1) is 4.72. The zero-order valence-corrected chi connectivity index (χ0v) is 6.35. The summed E-state index contributed by atoms with van der Waals surface area (Å²) < 4.78 is 0. The summed E-state index contributed by atoms with van der Waals surface area (Å²) in [6, 6.07) is 0. The summed E-state index contributed by atoms with van der Waals surface area (Å²) in [6.45, 7) is 5.86. The lowest BCUT2D eigenvalue weighted by atomic mass is 9.97. The molecule has 1 nitrogen and oxygen atoms in total. The standard InChI is InChI=1S/C9H13N/c1-7(2)8-5-3-4-6-9(8)10/h4,6H,1,3,5,10H2,2H3. The van der Waals surface area contributed by atoms with Gasteiger partial charge in [0.2, 0.25) is 0 Å². The number of hydrogen-bond donors (Lipinski definition) is 1. The van der Waals surface area contributed by atoms with Gasteiger partial charge in [-0.25, -0.2) is 0 Å². The molecule has 0 bridgehead atoms. The van der Waals surface area contributed by atoms with Gasteiger partial charge in [0.25, 0.3) is 0 Å². The summed E-state index contributed by atoms with van der Waals surface area (Å²) in [5.41, 5.74) is 8.92. The van der Waals surface area contributed by atoms with Gasteiger partial charge in [0.05, 0.1) is 0 Å². The lowest BCUT2D eigenvalue weighted by Gasteiger charge is -2.11. The molecule has 2 N–H and O–H groups in total. The third-order valence-corrected chi connectivity index (χ3v) is 1.72. The van der Waals surface area contributed by atoms with Crippen LogP contribution in [0.5, 0.6) is 0 Å². The van der Waals surface area contributed by atoms with E-state index in [0.29, 0.717) is 0 Å². The number of allylic oxidation sites excluding steroid dienone is 4. The van der Waals surface area contributed by atoms with Gasteiger partial charge in [-0.1, -0.05) is 18.2 Å². The van der Waals surface area contributed by atoms with Crippen LogP contribution in [0.2, 0.25) is 0 Å². The van der Waals surface area contributed by atoms with Gasteiger partial charge in [0.15, 0.2) is 0 Å². The van der Waals surface area contributed by atoms with Crippen molar-refractivity contribution in [2.75, 3.05) is 0 Å². The first kappa shape index (κ1) is 7.13. The van der Waals surface area contributed by atoms with E-state index in [4.69, 9.17) is 5.73 Å². The highest BCUT2D eigenvalue weighted by Gasteiger charge is 2.04. The lowest BCUT2D eigenvalue weighted by molar-refractivity contribution is 0.943. The monoisotopic (exact) mass is 135 g/mol. The van der Waals surface area contributed by atoms with Crippen LogP contribution in [0.1, 0.15) is 19.8 Å². The molecule has 0 radical (unpaired) electrons. The Bertz CT molecular complexity index is 209. The molecule has 1 aliphatic rings. The zero-order valence-electron chi connectivity index (χ0n) is 6.35. The molecular weight excluding hydrogens is 122 g/mol. The van der Waals surface area contributed by atoms with E-state index in [9.17, 15) is 0 Å². The minimum absolute atomic E-state index is 0.888. The van der Waals surface area contributed by atoms with Crippen LogP contribution >= 0.6 is 0 Å². The maximum atomic E-state index is 5.71. The van der Waals surface area contributed by atoms with E-state index >= 15 is 0 Å². The van der Waals surface area contributed by atoms with Gasteiger partial charge in [-0.05, 0) is 31.4 Å². The maximum absolute atomic E-state index is 5.71. The number of nitrogens with two attached hydrogens (primary N) is 1. The molecular formula is C9H13N. The van der Waals surface area contributed by atoms with Crippen LogP contribution < -0.4 is 5.73 Å². The number of hydrogen-bond acceptors (Lipinski definition) is 1. The van der Waals surface area contributed by atoms with Gasteiger partial charge in [-0.2, -0.15) is 0 Å². The summed E-state index contributed by atoms with van der Waals surface area (Å²) in [5.74, 6) is 0. The van der Waals surface area contributed by atoms with E-state index in [-0.39, 0.29) is 0 Å². The smallest absolute Gasteiger partial charge is 0.0345 e. The van der Waals surface area contributed by atoms with Crippen molar-refractivity contribution < 1.29 is 0 Å². The van der Waals surface area contributed by atoms with Crippen LogP contribution in [0, 0.1) is 0 Å². The van der Waals surface area contributed by atoms with Crippen molar-refractivity contribution in [3.05, 3.63) is 35.6 Å². The highest BCUT2D eigenvalue weighted by atomic mass is 14.6. The van der Waals surface area contributed by atoms with Gasteiger partial charge in [0, 0.05) is 5.70 Å². The van der Waals surface area contributed by atoms with Gasteiger partial charge in [0.1, 0.15) is 0 Å². The minimum Gasteiger partial charge on any atom is -0.399 e. The third kappa shape index (κ3) is 1.29. The largest absolute Gasteiger partial charge is 0.399 e. The fraction of sp³-hybridized carbons (Fsp3) is 0.333. The molecule has 0 spiro atoms. The molecule has 1 rings (SSSR count). The van der Waals surface area contributed by atoms with Crippen LogP contribution in [0.15, 0.2) is 35.6 Å². The average molecular weight is 135 g/mol. The Labute approximate surface area is 61.9 Å². The molecule has 1 aliphatic carbocycles. The van der Waals surface area contributed by atoms with E-state index < -0.39 is 0 Å². The second-order valence-electron chi connectivity index (χ2n) is 2.66. The molecule has 0 heterocycles. The van der Waals surface area contributed by atoms with Gasteiger partial charge in [-0.15, -0.1) is 0 Å². The topological polar surface area (TPSA) is 26.0 Å². The predicted molar refractivity (Wildman–Crippen MR) is 44.4 cm³/mol. The van der Waals surface area contributed by atoms with Crippen LogP contribution in [-0.2, 0) is 0 Å². The normalized spacial score (nSPS) is 17.7. The van der Waals surface area contributed by atoms with Gasteiger partial charge >= 0.3 is 0 Å². The molecule has 54 valence electrons. The molecule has 10 heavy (non-hydrogen) atoms. The molecule has 0 aromatic rings. The molecule has 0 aliphatic heterocycles. The summed E-state index contributed by atoms with van der Waals surface area (Å²) in [6.07, 6.45) is 6.22. The number of rotatable bonds is 1. The average Bonchev–Trinajstić information content (AvgIpc) is 1.88. The van der Waals surface area contributed by atoms with Crippen LogP contribution in [0.25, 0.3) is 0 Å². The Morgan fingerprint density at radius 3 is 2.80 bits per heavy atom. The van der Waals surface area contributed by atoms with E-state index in [0.717, 1.165) is 24.1 Å². The van der Waals surface area contributed by atoms with E-state index in [1.54, 1.807) is 0 Å². The zero-order chi connectivity index (χ0) is 7.56. The SMILES string of the molecule is C=C(C)C1=C(N)C=CCC1.